The van der Waals surface area contributed by atoms with E-state index in [0.29, 0.717) is 5.41 Å². The summed E-state index contributed by atoms with van der Waals surface area (Å²) in [5.41, 5.74) is 6.26. The third-order valence-electron chi connectivity index (χ3n) is 3.76. The Morgan fingerprint density at radius 3 is 2.81 bits per heavy atom. The minimum Gasteiger partial charge on any atom is -0.330 e. The van der Waals surface area contributed by atoms with E-state index < -0.39 is 0 Å². The highest BCUT2D eigenvalue weighted by molar-refractivity contribution is 4.97. The van der Waals surface area contributed by atoms with E-state index in [4.69, 9.17) is 5.73 Å². The van der Waals surface area contributed by atoms with Crippen molar-refractivity contribution in [3.05, 3.63) is 12.2 Å². The van der Waals surface area contributed by atoms with E-state index in [-0.39, 0.29) is 0 Å². The van der Waals surface area contributed by atoms with Gasteiger partial charge in [-0.1, -0.05) is 19.8 Å². The number of nitrogens with zero attached hydrogens (tertiary/aromatic N) is 3. The molecule has 0 aliphatic heterocycles. The zero-order valence-electron chi connectivity index (χ0n) is 10.2. The molecule has 1 aliphatic rings. The van der Waals surface area contributed by atoms with Gasteiger partial charge in [-0.05, 0) is 31.2 Å². The topological polar surface area (TPSA) is 56.7 Å². The third-order valence-corrected chi connectivity index (χ3v) is 3.76. The van der Waals surface area contributed by atoms with E-state index in [0.717, 1.165) is 31.8 Å². The van der Waals surface area contributed by atoms with Gasteiger partial charge in [0.15, 0.2) is 0 Å². The highest BCUT2D eigenvalue weighted by Crippen LogP contribution is 2.39. The van der Waals surface area contributed by atoms with Gasteiger partial charge < -0.3 is 5.73 Å². The van der Waals surface area contributed by atoms with E-state index >= 15 is 0 Å². The van der Waals surface area contributed by atoms with Gasteiger partial charge in [-0.2, -0.15) is 5.10 Å². The number of hydrogen-bond acceptors (Lipinski definition) is 3. The molecule has 4 heteroatoms. The van der Waals surface area contributed by atoms with Gasteiger partial charge in [-0.25, -0.2) is 4.98 Å². The summed E-state index contributed by atoms with van der Waals surface area (Å²) in [6, 6.07) is 0. The standard InChI is InChI=1S/C12H22N4/c1-2-7-16-11(14-10-15-16)8-12(9-13)5-3-4-6-12/h10H,2-9,13H2,1H3. The lowest BCUT2D eigenvalue weighted by atomic mass is 9.82. The van der Waals surface area contributed by atoms with Crippen molar-refractivity contribution in [3.8, 4) is 0 Å². The molecule has 0 saturated heterocycles. The van der Waals surface area contributed by atoms with Gasteiger partial charge in [0.25, 0.3) is 0 Å². The van der Waals surface area contributed by atoms with Gasteiger partial charge in [0.05, 0.1) is 0 Å². The Morgan fingerprint density at radius 2 is 2.19 bits per heavy atom. The normalized spacial score (nSPS) is 19.1. The van der Waals surface area contributed by atoms with Crippen molar-refractivity contribution in [1.82, 2.24) is 14.8 Å². The van der Waals surface area contributed by atoms with Crippen molar-refractivity contribution in [3.63, 3.8) is 0 Å². The van der Waals surface area contributed by atoms with E-state index in [1.807, 2.05) is 4.68 Å². The first-order valence-corrected chi connectivity index (χ1v) is 6.36. The van der Waals surface area contributed by atoms with Crippen LogP contribution >= 0.6 is 0 Å². The number of hydrogen-bond donors (Lipinski definition) is 1. The van der Waals surface area contributed by atoms with E-state index in [1.54, 1.807) is 6.33 Å². The molecule has 1 saturated carbocycles. The van der Waals surface area contributed by atoms with Crippen LogP contribution in [0.15, 0.2) is 6.33 Å². The summed E-state index contributed by atoms with van der Waals surface area (Å²) in [5.74, 6) is 1.12. The smallest absolute Gasteiger partial charge is 0.138 e. The maximum atomic E-state index is 5.95. The average Bonchev–Trinajstić information content (AvgIpc) is 2.91. The summed E-state index contributed by atoms with van der Waals surface area (Å²) >= 11 is 0. The maximum Gasteiger partial charge on any atom is 0.138 e. The number of nitrogens with two attached hydrogens (primary N) is 1. The molecule has 0 spiro atoms. The van der Waals surface area contributed by atoms with Crippen molar-refractivity contribution < 1.29 is 0 Å². The Balaban J connectivity index is 2.09. The van der Waals surface area contributed by atoms with Crippen molar-refractivity contribution >= 4 is 0 Å². The lowest BCUT2D eigenvalue weighted by Crippen LogP contribution is -2.31. The number of aryl methyl sites for hydroxylation is 1. The van der Waals surface area contributed by atoms with Crippen LogP contribution in [0, 0.1) is 5.41 Å². The minimum atomic E-state index is 0.304. The van der Waals surface area contributed by atoms with Crippen LogP contribution in [0.2, 0.25) is 0 Å². The predicted molar refractivity (Wildman–Crippen MR) is 64.0 cm³/mol. The molecular weight excluding hydrogens is 200 g/mol. The molecule has 1 aromatic rings. The molecule has 0 bridgehead atoms. The zero-order chi connectivity index (χ0) is 11.4. The van der Waals surface area contributed by atoms with Crippen LogP contribution in [0.5, 0.6) is 0 Å². The molecule has 0 unspecified atom stereocenters. The summed E-state index contributed by atoms with van der Waals surface area (Å²) in [6.45, 7) is 3.92. The fourth-order valence-electron chi connectivity index (χ4n) is 2.74. The Bertz CT molecular complexity index is 326. The van der Waals surface area contributed by atoms with Crippen LogP contribution in [0.1, 0.15) is 44.9 Å². The van der Waals surface area contributed by atoms with Crippen LogP contribution in [-0.2, 0) is 13.0 Å². The SMILES string of the molecule is CCCn1ncnc1CC1(CN)CCCC1. The maximum absolute atomic E-state index is 5.95. The molecule has 4 nitrogen and oxygen atoms in total. The Labute approximate surface area is 97.2 Å². The van der Waals surface area contributed by atoms with Crippen LogP contribution < -0.4 is 5.73 Å². The molecule has 1 heterocycles. The average molecular weight is 222 g/mol. The fraction of sp³-hybridized carbons (Fsp3) is 0.833. The quantitative estimate of drug-likeness (QED) is 0.825. The predicted octanol–water partition coefficient (Wildman–Crippen LogP) is 1.75. The summed E-state index contributed by atoms with van der Waals surface area (Å²) in [7, 11) is 0. The molecule has 1 fully saturated rings. The number of rotatable bonds is 5. The molecule has 0 atom stereocenters. The van der Waals surface area contributed by atoms with Crippen LogP contribution in [-0.4, -0.2) is 21.3 Å². The second-order valence-electron chi connectivity index (χ2n) is 4.99. The first kappa shape index (κ1) is 11.6. The van der Waals surface area contributed by atoms with Gasteiger partial charge >= 0.3 is 0 Å². The largest absolute Gasteiger partial charge is 0.330 e. The monoisotopic (exact) mass is 222 g/mol. The molecule has 1 aromatic heterocycles. The number of aromatic nitrogens is 3. The molecule has 16 heavy (non-hydrogen) atoms. The molecular formula is C12H22N4. The summed E-state index contributed by atoms with van der Waals surface area (Å²) < 4.78 is 2.04. The molecule has 0 radical (unpaired) electrons. The fourth-order valence-corrected chi connectivity index (χ4v) is 2.74. The van der Waals surface area contributed by atoms with Crippen molar-refractivity contribution in [2.75, 3.05) is 6.54 Å². The summed E-state index contributed by atoms with van der Waals surface area (Å²) in [5, 5.41) is 4.28. The van der Waals surface area contributed by atoms with E-state index in [1.165, 1.54) is 25.7 Å². The van der Waals surface area contributed by atoms with Crippen LogP contribution in [0.4, 0.5) is 0 Å². The summed E-state index contributed by atoms with van der Waals surface area (Å²) in [4.78, 5) is 4.39. The lowest BCUT2D eigenvalue weighted by molar-refractivity contribution is 0.293. The highest BCUT2D eigenvalue weighted by Gasteiger charge is 2.33. The van der Waals surface area contributed by atoms with Gasteiger partial charge in [0.1, 0.15) is 12.2 Å². The van der Waals surface area contributed by atoms with Gasteiger partial charge in [0, 0.05) is 13.0 Å². The van der Waals surface area contributed by atoms with Crippen LogP contribution in [0.3, 0.4) is 0 Å². The molecule has 0 aromatic carbocycles. The van der Waals surface area contributed by atoms with Gasteiger partial charge in [-0.15, -0.1) is 0 Å². The first-order chi connectivity index (χ1) is 7.79. The van der Waals surface area contributed by atoms with Gasteiger partial charge in [-0.3, -0.25) is 4.68 Å². The lowest BCUT2D eigenvalue weighted by Gasteiger charge is -2.26. The molecule has 2 rings (SSSR count). The molecule has 1 aliphatic carbocycles. The van der Waals surface area contributed by atoms with Crippen molar-refractivity contribution in [2.45, 2.75) is 52.0 Å². The zero-order valence-corrected chi connectivity index (χ0v) is 10.2. The second kappa shape index (κ2) is 4.95. The van der Waals surface area contributed by atoms with Crippen molar-refractivity contribution in [1.29, 1.82) is 0 Å². The third kappa shape index (κ3) is 2.26. The van der Waals surface area contributed by atoms with Crippen molar-refractivity contribution in [2.24, 2.45) is 11.1 Å². The van der Waals surface area contributed by atoms with Gasteiger partial charge in [0.2, 0.25) is 0 Å². The van der Waals surface area contributed by atoms with Crippen LogP contribution in [0.25, 0.3) is 0 Å². The molecule has 0 amide bonds. The second-order valence-corrected chi connectivity index (χ2v) is 4.99. The first-order valence-electron chi connectivity index (χ1n) is 6.36. The highest BCUT2D eigenvalue weighted by atomic mass is 15.3. The minimum absolute atomic E-state index is 0.304. The summed E-state index contributed by atoms with van der Waals surface area (Å²) in [6.07, 6.45) is 8.92. The van der Waals surface area contributed by atoms with E-state index in [9.17, 15) is 0 Å². The molecule has 90 valence electrons. The Kier molecular flexibility index (Phi) is 3.59. The Morgan fingerprint density at radius 1 is 1.44 bits per heavy atom. The molecule has 2 N–H and O–H groups in total. The Hall–Kier alpha value is -0.900. The van der Waals surface area contributed by atoms with E-state index in [2.05, 4.69) is 17.0 Å².